The van der Waals surface area contributed by atoms with Gasteiger partial charge in [-0.15, -0.1) is 0 Å². The fourth-order valence-corrected chi connectivity index (χ4v) is 2.28. The van der Waals surface area contributed by atoms with E-state index in [-0.39, 0.29) is 17.8 Å². The van der Waals surface area contributed by atoms with Crippen LogP contribution in [0, 0.1) is 5.82 Å². The number of benzene rings is 1. The number of rotatable bonds is 4. The van der Waals surface area contributed by atoms with E-state index in [0.29, 0.717) is 17.3 Å². The molecule has 1 amide bonds. The molecule has 114 valence electrons. The second kappa shape index (κ2) is 6.53. The maximum Gasteiger partial charge on any atom is 0.242 e. The highest BCUT2D eigenvalue weighted by Crippen LogP contribution is 2.21. The van der Waals surface area contributed by atoms with Crippen LogP contribution < -0.4 is 15.4 Å². The molecule has 2 aromatic rings. The van der Waals surface area contributed by atoms with Crippen molar-refractivity contribution in [3.05, 3.63) is 48.4 Å². The number of carbonyl (C=O) groups excluding carboxylic acids is 1. The number of aromatic nitrogens is 1. The predicted octanol–water partition coefficient (Wildman–Crippen LogP) is 2.70. The van der Waals surface area contributed by atoms with E-state index in [1.807, 2.05) is 0 Å². The number of halogens is 1. The van der Waals surface area contributed by atoms with Gasteiger partial charge in [0.2, 0.25) is 5.91 Å². The molecule has 0 radical (unpaired) electrons. The van der Waals surface area contributed by atoms with Crippen LogP contribution in [-0.4, -0.2) is 23.5 Å². The van der Waals surface area contributed by atoms with Gasteiger partial charge in [-0.05, 0) is 55.8 Å². The summed E-state index contributed by atoms with van der Waals surface area (Å²) in [6.07, 6.45) is 3.37. The lowest BCUT2D eigenvalue weighted by Gasteiger charge is -2.11. The highest BCUT2D eigenvalue weighted by Gasteiger charge is 2.22. The lowest BCUT2D eigenvalue weighted by atomic mass is 10.2. The van der Waals surface area contributed by atoms with Gasteiger partial charge in [-0.3, -0.25) is 4.79 Å². The quantitative estimate of drug-likeness (QED) is 0.911. The Labute approximate surface area is 127 Å². The Morgan fingerprint density at radius 1 is 1.23 bits per heavy atom. The van der Waals surface area contributed by atoms with Crippen LogP contribution in [0.5, 0.6) is 11.5 Å². The fraction of sp³-hybridized carbons (Fsp3) is 0.250. The van der Waals surface area contributed by atoms with Crippen LogP contribution in [0.15, 0.2) is 42.6 Å². The zero-order chi connectivity index (χ0) is 15.4. The summed E-state index contributed by atoms with van der Waals surface area (Å²) in [5, 5.41) is 5.89. The van der Waals surface area contributed by atoms with E-state index in [1.54, 1.807) is 12.1 Å². The van der Waals surface area contributed by atoms with Crippen LogP contribution in [0.2, 0.25) is 0 Å². The third-order valence-electron chi connectivity index (χ3n) is 3.41. The molecule has 0 saturated carbocycles. The van der Waals surface area contributed by atoms with Gasteiger partial charge in [-0.1, -0.05) is 0 Å². The van der Waals surface area contributed by atoms with Crippen LogP contribution in [0.1, 0.15) is 12.8 Å². The smallest absolute Gasteiger partial charge is 0.242 e. The monoisotopic (exact) mass is 301 g/mol. The largest absolute Gasteiger partial charge is 0.456 e. The Morgan fingerprint density at radius 2 is 2.00 bits per heavy atom. The first-order chi connectivity index (χ1) is 10.7. The molecule has 0 aliphatic carbocycles. The third kappa shape index (κ3) is 3.59. The molecule has 1 aromatic heterocycles. The number of anilines is 1. The highest BCUT2D eigenvalue weighted by molar-refractivity contribution is 5.94. The Kier molecular flexibility index (Phi) is 4.29. The molecule has 1 aliphatic rings. The summed E-state index contributed by atoms with van der Waals surface area (Å²) in [6.45, 7) is 0.871. The minimum Gasteiger partial charge on any atom is -0.456 e. The van der Waals surface area contributed by atoms with E-state index in [2.05, 4.69) is 15.6 Å². The van der Waals surface area contributed by atoms with Gasteiger partial charge in [0.25, 0.3) is 0 Å². The molecule has 2 N–H and O–H groups in total. The first-order valence-electron chi connectivity index (χ1n) is 7.14. The van der Waals surface area contributed by atoms with E-state index in [4.69, 9.17) is 4.74 Å². The van der Waals surface area contributed by atoms with Gasteiger partial charge >= 0.3 is 0 Å². The van der Waals surface area contributed by atoms with Gasteiger partial charge < -0.3 is 15.4 Å². The number of hydrogen-bond donors (Lipinski definition) is 2. The van der Waals surface area contributed by atoms with Crippen molar-refractivity contribution in [1.82, 2.24) is 10.3 Å². The molecule has 1 aliphatic heterocycles. The van der Waals surface area contributed by atoms with Crippen LogP contribution in [-0.2, 0) is 4.79 Å². The lowest BCUT2D eigenvalue weighted by molar-refractivity contribution is -0.117. The molecule has 0 spiro atoms. The number of amides is 1. The number of pyridine rings is 1. The van der Waals surface area contributed by atoms with Gasteiger partial charge in [-0.2, -0.15) is 0 Å². The molecule has 5 nitrogen and oxygen atoms in total. The molecule has 1 unspecified atom stereocenters. The summed E-state index contributed by atoms with van der Waals surface area (Å²) in [6, 6.07) is 8.96. The molecule has 1 atom stereocenters. The minimum atomic E-state index is -0.316. The summed E-state index contributed by atoms with van der Waals surface area (Å²) >= 11 is 0. The van der Waals surface area contributed by atoms with Crippen molar-refractivity contribution in [3.8, 4) is 11.5 Å². The summed E-state index contributed by atoms with van der Waals surface area (Å²) in [7, 11) is 0. The molecule has 0 bridgehead atoms. The normalized spacial score (nSPS) is 17.2. The van der Waals surface area contributed by atoms with E-state index >= 15 is 0 Å². The summed E-state index contributed by atoms with van der Waals surface area (Å²) in [4.78, 5) is 16.1. The fourth-order valence-electron chi connectivity index (χ4n) is 2.28. The first kappa shape index (κ1) is 14.5. The number of hydrogen-bond acceptors (Lipinski definition) is 4. The average Bonchev–Trinajstić information content (AvgIpc) is 3.06. The van der Waals surface area contributed by atoms with E-state index in [0.717, 1.165) is 19.4 Å². The maximum atomic E-state index is 12.8. The maximum absolute atomic E-state index is 12.8. The zero-order valence-electron chi connectivity index (χ0n) is 11.9. The molecule has 6 heteroatoms. The zero-order valence-corrected chi connectivity index (χ0v) is 11.9. The van der Waals surface area contributed by atoms with Crippen molar-refractivity contribution in [2.24, 2.45) is 0 Å². The molecule has 1 saturated heterocycles. The second-order valence-electron chi connectivity index (χ2n) is 5.07. The molecule has 1 aromatic carbocycles. The molecule has 22 heavy (non-hydrogen) atoms. The van der Waals surface area contributed by atoms with Crippen LogP contribution >= 0.6 is 0 Å². The minimum absolute atomic E-state index is 0.0720. The summed E-state index contributed by atoms with van der Waals surface area (Å²) < 4.78 is 18.4. The predicted molar refractivity (Wildman–Crippen MR) is 80.4 cm³/mol. The molecule has 1 fully saturated rings. The number of ether oxygens (including phenoxy) is 1. The van der Waals surface area contributed by atoms with E-state index < -0.39 is 0 Å². The van der Waals surface area contributed by atoms with Crippen molar-refractivity contribution < 1.29 is 13.9 Å². The standard InChI is InChI=1S/C16H16FN3O2/c17-11-3-5-12(6-4-11)22-13-7-8-15(19-10-13)20-16(21)14-2-1-9-18-14/h3-8,10,14,18H,1-2,9H2,(H,19,20,21). The van der Waals surface area contributed by atoms with Crippen molar-refractivity contribution in [2.45, 2.75) is 18.9 Å². The SMILES string of the molecule is O=C(Nc1ccc(Oc2ccc(F)cc2)cn1)C1CCCN1. The molecular weight excluding hydrogens is 285 g/mol. The van der Waals surface area contributed by atoms with Crippen LogP contribution in [0.4, 0.5) is 10.2 Å². The Bertz CT molecular complexity index is 637. The third-order valence-corrected chi connectivity index (χ3v) is 3.41. The van der Waals surface area contributed by atoms with Gasteiger partial charge in [0.1, 0.15) is 23.1 Å². The van der Waals surface area contributed by atoms with Crippen molar-refractivity contribution in [2.75, 3.05) is 11.9 Å². The number of nitrogens with one attached hydrogen (secondary N) is 2. The Hall–Kier alpha value is -2.47. The topological polar surface area (TPSA) is 63.2 Å². The highest BCUT2D eigenvalue weighted by atomic mass is 19.1. The molecular formula is C16H16FN3O2. The van der Waals surface area contributed by atoms with Gasteiger partial charge in [0.05, 0.1) is 12.2 Å². The summed E-state index contributed by atoms with van der Waals surface area (Å²) in [5.41, 5.74) is 0. The van der Waals surface area contributed by atoms with Crippen LogP contribution in [0.25, 0.3) is 0 Å². The van der Waals surface area contributed by atoms with Gasteiger partial charge in [0.15, 0.2) is 0 Å². The lowest BCUT2D eigenvalue weighted by Crippen LogP contribution is -2.35. The Morgan fingerprint density at radius 3 is 2.64 bits per heavy atom. The van der Waals surface area contributed by atoms with Crippen molar-refractivity contribution in [3.63, 3.8) is 0 Å². The van der Waals surface area contributed by atoms with E-state index in [9.17, 15) is 9.18 Å². The summed E-state index contributed by atoms with van der Waals surface area (Å²) in [5.74, 6) is 1.13. The van der Waals surface area contributed by atoms with Crippen molar-refractivity contribution in [1.29, 1.82) is 0 Å². The average molecular weight is 301 g/mol. The number of nitrogens with zero attached hydrogens (tertiary/aromatic N) is 1. The van der Waals surface area contributed by atoms with Gasteiger partial charge in [0, 0.05) is 0 Å². The second-order valence-corrected chi connectivity index (χ2v) is 5.07. The Balaban J connectivity index is 1.60. The molecule has 3 rings (SSSR count). The van der Waals surface area contributed by atoms with Gasteiger partial charge in [-0.25, -0.2) is 9.37 Å². The van der Waals surface area contributed by atoms with E-state index in [1.165, 1.54) is 30.5 Å². The number of carbonyl (C=O) groups is 1. The molecule has 2 heterocycles. The van der Waals surface area contributed by atoms with Crippen LogP contribution in [0.3, 0.4) is 0 Å². The first-order valence-corrected chi connectivity index (χ1v) is 7.14. The van der Waals surface area contributed by atoms with Crippen molar-refractivity contribution >= 4 is 11.7 Å².